The van der Waals surface area contributed by atoms with E-state index in [0.717, 1.165) is 6.42 Å². The molecule has 4 heteroatoms. The largest absolute Gasteiger partial charge is 0.392 e. The zero-order valence-electron chi connectivity index (χ0n) is 9.70. The first kappa shape index (κ1) is 12.8. The summed E-state index contributed by atoms with van der Waals surface area (Å²) < 4.78 is 19.0. The van der Waals surface area contributed by atoms with Crippen molar-refractivity contribution < 1.29 is 14.2 Å². The summed E-state index contributed by atoms with van der Waals surface area (Å²) in [6.07, 6.45) is 0.711. The van der Waals surface area contributed by atoms with Crippen LogP contribution in [0.2, 0.25) is 5.02 Å². The van der Waals surface area contributed by atoms with Crippen LogP contribution in [0, 0.1) is 11.7 Å². The molecule has 2 nitrogen and oxygen atoms in total. The molecule has 0 aromatic heterocycles. The quantitative estimate of drug-likeness (QED) is 0.903. The zero-order chi connectivity index (χ0) is 12.4. The van der Waals surface area contributed by atoms with Gasteiger partial charge in [-0.1, -0.05) is 23.7 Å². The monoisotopic (exact) mass is 258 g/mol. The van der Waals surface area contributed by atoms with Gasteiger partial charge in [0.05, 0.1) is 23.8 Å². The van der Waals surface area contributed by atoms with Crippen molar-refractivity contribution in [3.05, 3.63) is 34.6 Å². The Morgan fingerprint density at radius 3 is 3.00 bits per heavy atom. The maximum absolute atomic E-state index is 13.7. The molecular formula is C13H16ClFO2. The molecule has 1 saturated heterocycles. The molecule has 1 fully saturated rings. The Kier molecular flexibility index (Phi) is 4.02. The molecule has 1 aliphatic rings. The number of benzene rings is 1. The summed E-state index contributed by atoms with van der Waals surface area (Å²) in [5.41, 5.74) is 0.463. The Bertz CT molecular complexity index is 397. The molecule has 0 spiro atoms. The molecule has 1 heterocycles. The first-order valence-corrected chi connectivity index (χ1v) is 6.18. The van der Waals surface area contributed by atoms with Crippen molar-refractivity contribution in [2.24, 2.45) is 5.92 Å². The van der Waals surface area contributed by atoms with E-state index in [1.54, 1.807) is 12.1 Å². The molecule has 0 aliphatic carbocycles. The van der Waals surface area contributed by atoms with E-state index in [-0.39, 0.29) is 23.5 Å². The highest BCUT2D eigenvalue weighted by molar-refractivity contribution is 6.30. The number of aliphatic hydroxyl groups is 1. The van der Waals surface area contributed by atoms with Crippen molar-refractivity contribution >= 4 is 11.6 Å². The predicted molar refractivity (Wildman–Crippen MR) is 64.6 cm³/mol. The van der Waals surface area contributed by atoms with E-state index in [1.807, 2.05) is 6.92 Å². The first-order chi connectivity index (χ1) is 8.08. The fourth-order valence-corrected chi connectivity index (χ4v) is 2.41. The smallest absolute Gasteiger partial charge is 0.145 e. The summed E-state index contributed by atoms with van der Waals surface area (Å²) in [5.74, 6) is -0.344. The second kappa shape index (κ2) is 5.34. The fourth-order valence-electron chi connectivity index (χ4n) is 2.22. The second-order valence-electron chi connectivity index (χ2n) is 4.62. The van der Waals surface area contributed by atoms with Crippen molar-refractivity contribution in [2.75, 3.05) is 6.61 Å². The fraction of sp³-hybridized carbons (Fsp3) is 0.538. The molecule has 1 aliphatic heterocycles. The molecule has 1 aromatic carbocycles. The minimum absolute atomic E-state index is 0.0865. The van der Waals surface area contributed by atoms with Gasteiger partial charge < -0.3 is 9.84 Å². The van der Waals surface area contributed by atoms with Crippen LogP contribution in [-0.4, -0.2) is 23.9 Å². The summed E-state index contributed by atoms with van der Waals surface area (Å²) in [4.78, 5) is 0. The van der Waals surface area contributed by atoms with E-state index in [1.165, 1.54) is 6.07 Å². The van der Waals surface area contributed by atoms with Crippen LogP contribution in [-0.2, 0) is 11.2 Å². The standard InChI is InChI=1S/C13H16ClFO2/c1-8-5-10(7-17-8)12(16)6-9-3-2-4-11(14)13(9)15/h2-4,8,10,12,16H,5-7H2,1H3. The van der Waals surface area contributed by atoms with E-state index in [9.17, 15) is 9.50 Å². The number of aliphatic hydroxyl groups excluding tert-OH is 1. The Morgan fingerprint density at radius 1 is 1.59 bits per heavy atom. The van der Waals surface area contributed by atoms with Gasteiger partial charge >= 0.3 is 0 Å². The summed E-state index contributed by atoms with van der Waals surface area (Å²) in [7, 11) is 0. The van der Waals surface area contributed by atoms with Gasteiger partial charge in [-0.05, 0) is 25.0 Å². The Morgan fingerprint density at radius 2 is 2.35 bits per heavy atom. The van der Waals surface area contributed by atoms with Gasteiger partial charge in [0.2, 0.25) is 0 Å². The maximum atomic E-state index is 13.7. The Hall–Kier alpha value is -0.640. The molecule has 0 amide bonds. The summed E-state index contributed by atoms with van der Waals surface area (Å²) in [6.45, 7) is 2.53. The zero-order valence-corrected chi connectivity index (χ0v) is 10.5. The van der Waals surface area contributed by atoms with Crippen molar-refractivity contribution in [1.82, 2.24) is 0 Å². The number of hydrogen-bond acceptors (Lipinski definition) is 2. The third-order valence-electron chi connectivity index (χ3n) is 3.23. The average Bonchev–Trinajstić information content (AvgIpc) is 2.72. The van der Waals surface area contributed by atoms with Crippen LogP contribution in [0.25, 0.3) is 0 Å². The highest BCUT2D eigenvalue weighted by atomic mass is 35.5. The number of rotatable bonds is 3. The van der Waals surface area contributed by atoms with Gasteiger partial charge in [-0.2, -0.15) is 0 Å². The van der Waals surface area contributed by atoms with Crippen LogP contribution in [0.5, 0.6) is 0 Å². The average molecular weight is 259 g/mol. The molecule has 0 bridgehead atoms. The lowest BCUT2D eigenvalue weighted by Crippen LogP contribution is -2.23. The predicted octanol–water partition coefficient (Wildman–Crippen LogP) is 2.81. The third kappa shape index (κ3) is 2.97. The van der Waals surface area contributed by atoms with Crippen molar-refractivity contribution in [3.8, 4) is 0 Å². The van der Waals surface area contributed by atoms with E-state index < -0.39 is 11.9 Å². The lowest BCUT2D eigenvalue weighted by Gasteiger charge is -2.17. The van der Waals surface area contributed by atoms with Crippen LogP contribution in [0.3, 0.4) is 0 Å². The number of ether oxygens (including phenoxy) is 1. The molecule has 3 atom stereocenters. The molecule has 0 saturated carbocycles. The summed E-state index contributed by atoms with van der Waals surface area (Å²) in [6, 6.07) is 4.86. The van der Waals surface area contributed by atoms with Crippen LogP contribution in [0.15, 0.2) is 18.2 Å². The van der Waals surface area contributed by atoms with Gasteiger partial charge in [0.25, 0.3) is 0 Å². The molecule has 94 valence electrons. The maximum Gasteiger partial charge on any atom is 0.145 e. The van der Waals surface area contributed by atoms with Crippen molar-refractivity contribution in [2.45, 2.75) is 32.0 Å². The van der Waals surface area contributed by atoms with Gasteiger partial charge in [-0.15, -0.1) is 0 Å². The highest BCUT2D eigenvalue weighted by Crippen LogP contribution is 2.26. The van der Waals surface area contributed by atoms with Crippen molar-refractivity contribution in [3.63, 3.8) is 0 Å². The minimum atomic E-state index is -0.576. The van der Waals surface area contributed by atoms with Gasteiger partial charge in [0, 0.05) is 12.3 Å². The molecule has 1 N–H and O–H groups in total. The molecule has 17 heavy (non-hydrogen) atoms. The molecule has 1 aromatic rings. The third-order valence-corrected chi connectivity index (χ3v) is 3.53. The molecule has 2 rings (SSSR count). The Balaban J connectivity index is 2.03. The van der Waals surface area contributed by atoms with E-state index in [4.69, 9.17) is 16.3 Å². The van der Waals surface area contributed by atoms with Gasteiger partial charge in [0.1, 0.15) is 5.82 Å². The molecular weight excluding hydrogens is 243 g/mol. The highest BCUT2D eigenvalue weighted by Gasteiger charge is 2.29. The summed E-state index contributed by atoms with van der Waals surface area (Å²) in [5, 5.41) is 10.1. The van der Waals surface area contributed by atoms with Crippen LogP contribution in [0.1, 0.15) is 18.9 Å². The molecule has 3 unspecified atom stereocenters. The van der Waals surface area contributed by atoms with Crippen LogP contribution < -0.4 is 0 Å². The van der Waals surface area contributed by atoms with E-state index >= 15 is 0 Å². The van der Waals surface area contributed by atoms with Gasteiger partial charge in [-0.25, -0.2) is 4.39 Å². The van der Waals surface area contributed by atoms with Crippen LogP contribution >= 0.6 is 11.6 Å². The molecule has 0 radical (unpaired) electrons. The minimum Gasteiger partial charge on any atom is -0.392 e. The van der Waals surface area contributed by atoms with Crippen LogP contribution in [0.4, 0.5) is 4.39 Å². The number of hydrogen-bond donors (Lipinski definition) is 1. The lowest BCUT2D eigenvalue weighted by molar-refractivity contribution is 0.0802. The first-order valence-electron chi connectivity index (χ1n) is 5.80. The lowest BCUT2D eigenvalue weighted by atomic mass is 9.94. The number of halogens is 2. The van der Waals surface area contributed by atoms with E-state index in [0.29, 0.717) is 12.2 Å². The van der Waals surface area contributed by atoms with Gasteiger partial charge in [-0.3, -0.25) is 0 Å². The topological polar surface area (TPSA) is 29.5 Å². The van der Waals surface area contributed by atoms with Crippen molar-refractivity contribution in [1.29, 1.82) is 0 Å². The second-order valence-corrected chi connectivity index (χ2v) is 5.03. The normalized spacial score (nSPS) is 26.1. The summed E-state index contributed by atoms with van der Waals surface area (Å²) >= 11 is 5.70. The SMILES string of the molecule is CC1CC(C(O)Cc2cccc(Cl)c2F)CO1. The van der Waals surface area contributed by atoms with Gasteiger partial charge in [0.15, 0.2) is 0 Å². The van der Waals surface area contributed by atoms with E-state index in [2.05, 4.69) is 0 Å². The Labute approximate surface area is 105 Å².